The van der Waals surface area contributed by atoms with Gasteiger partial charge in [0.2, 0.25) is 10.0 Å². The molecule has 0 aromatic heterocycles. The van der Waals surface area contributed by atoms with Gasteiger partial charge in [-0.2, -0.15) is 0 Å². The minimum Gasteiger partial charge on any atom is -0.492 e. The van der Waals surface area contributed by atoms with Crippen molar-refractivity contribution in [3.8, 4) is 5.75 Å². The maximum absolute atomic E-state index is 12.5. The monoisotopic (exact) mass is 312 g/mol. The Kier molecular flexibility index (Phi) is 3.59. The molecule has 116 valence electrons. The maximum Gasteiger partial charge on any atom is 0.244 e. The summed E-state index contributed by atoms with van der Waals surface area (Å²) in [7, 11) is -3.69. The zero-order valence-corrected chi connectivity index (χ0v) is 12.6. The molecule has 1 aliphatic carbocycles. The van der Waals surface area contributed by atoms with E-state index in [1.165, 1.54) is 6.07 Å². The molecule has 7 heteroatoms. The van der Waals surface area contributed by atoms with Gasteiger partial charge in [0.15, 0.2) is 0 Å². The molecule has 0 radical (unpaired) electrons. The Labute approximate surface area is 124 Å². The first kappa shape index (κ1) is 14.6. The van der Waals surface area contributed by atoms with Gasteiger partial charge in [0, 0.05) is 24.3 Å². The second kappa shape index (κ2) is 5.15. The Morgan fingerprint density at radius 1 is 1.38 bits per heavy atom. The second-order valence-corrected chi connectivity index (χ2v) is 7.68. The van der Waals surface area contributed by atoms with Crippen LogP contribution in [0.25, 0.3) is 0 Å². The van der Waals surface area contributed by atoms with Crippen molar-refractivity contribution in [1.82, 2.24) is 4.72 Å². The molecule has 1 aromatic rings. The van der Waals surface area contributed by atoms with E-state index in [-0.39, 0.29) is 23.5 Å². The summed E-state index contributed by atoms with van der Waals surface area (Å²) in [6.45, 7) is 0.760. The van der Waals surface area contributed by atoms with Crippen LogP contribution in [0.5, 0.6) is 5.75 Å². The van der Waals surface area contributed by atoms with Crippen molar-refractivity contribution in [3.05, 3.63) is 17.7 Å². The van der Waals surface area contributed by atoms with Crippen LogP contribution in [0.1, 0.15) is 24.8 Å². The Balaban J connectivity index is 1.89. The standard InChI is InChI=1S/C14H20N2O4S/c15-11-6-10-2-1-5-20-13(10)12(7-11)21(18,19)16-8-14(9-17)3-4-14/h6-7,16-17H,1-5,8-9,15H2. The van der Waals surface area contributed by atoms with Gasteiger partial charge < -0.3 is 15.6 Å². The number of aliphatic hydroxyl groups is 1. The van der Waals surface area contributed by atoms with E-state index in [0.29, 0.717) is 18.0 Å². The summed E-state index contributed by atoms with van der Waals surface area (Å²) in [6, 6.07) is 3.20. The van der Waals surface area contributed by atoms with Crippen molar-refractivity contribution in [1.29, 1.82) is 0 Å². The third-order valence-corrected chi connectivity index (χ3v) is 5.62. The van der Waals surface area contributed by atoms with Crippen LogP contribution in [0.3, 0.4) is 0 Å². The molecule has 1 aliphatic heterocycles. The predicted molar refractivity (Wildman–Crippen MR) is 78.6 cm³/mol. The van der Waals surface area contributed by atoms with Crippen molar-refractivity contribution in [3.63, 3.8) is 0 Å². The van der Waals surface area contributed by atoms with Crippen LogP contribution < -0.4 is 15.2 Å². The molecule has 0 atom stereocenters. The number of aryl methyl sites for hydroxylation is 1. The molecule has 1 fully saturated rings. The van der Waals surface area contributed by atoms with Crippen molar-refractivity contribution in [2.24, 2.45) is 5.41 Å². The maximum atomic E-state index is 12.5. The molecule has 0 spiro atoms. The summed E-state index contributed by atoms with van der Waals surface area (Å²) in [5.41, 5.74) is 6.79. The molecule has 4 N–H and O–H groups in total. The zero-order chi connectivity index (χ0) is 15.1. The number of nitrogen functional groups attached to an aromatic ring is 1. The number of ether oxygens (including phenoxy) is 1. The lowest BCUT2D eigenvalue weighted by Gasteiger charge is -2.22. The largest absolute Gasteiger partial charge is 0.492 e. The average Bonchev–Trinajstić information content (AvgIpc) is 3.25. The van der Waals surface area contributed by atoms with E-state index in [1.807, 2.05) is 0 Å². The fraction of sp³-hybridized carbons (Fsp3) is 0.571. The molecule has 6 nitrogen and oxygen atoms in total. The predicted octanol–water partition coefficient (Wildman–Crippen LogP) is 0.645. The van der Waals surface area contributed by atoms with Gasteiger partial charge in [0.25, 0.3) is 0 Å². The third kappa shape index (κ3) is 2.86. The van der Waals surface area contributed by atoms with E-state index in [4.69, 9.17) is 10.5 Å². The van der Waals surface area contributed by atoms with Crippen LogP contribution in [-0.4, -0.2) is 33.3 Å². The summed E-state index contributed by atoms with van der Waals surface area (Å²) in [4.78, 5) is 0.103. The fourth-order valence-corrected chi connectivity index (χ4v) is 3.94. The van der Waals surface area contributed by atoms with Crippen molar-refractivity contribution in [2.45, 2.75) is 30.6 Å². The Morgan fingerprint density at radius 2 is 2.14 bits per heavy atom. The second-order valence-electron chi connectivity index (χ2n) is 5.94. The van der Waals surface area contributed by atoms with E-state index >= 15 is 0 Å². The van der Waals surface area contributed by atoms with Crippen LogP contribution in [0.4, 0.5) is 5.69 Å². The summed E-state index contributed by atoms with van der Waals surface area (Å²) < 4.78 is 33.2. The molecule has 1 heterocycles. The van der Waals surface area contributed by atoms with Gasteiger partial charge in [-0.1, -0.05) is 0 Å². The number of hydrogen-bond acceptors (Lipinski definition) is 5. The lowest BCUT2D eigenvalue weighted by atomic mass is 10.1. The van der Waals surface area contributed by atoms with E-state index in [0.717, 1.165) is 31.2 Å². The highest BCUT2D eigenvalue weighted by atomic mass is 32.2. The number of aliphatic hydroxyl groups excluding tert-OH is 1. The SMILES string of the molecule is Nc1cc2c(c(S(=O)(=O)NCC3(CO)CC3)c1)OCCC2. The first-order valence-electron chi connectivity index (χ1n) is 7.12. The van der Waals surface area contributed by atoms with E-state index in [9.17, 15) is 13.5 Å². The van der Waals surface area contributed by atoms with E-state index in [2.05, 4.69) is 4.72 Å². The lowest BCUT2D eigenvalue weighted by molar-refractivity contribution is 0.213. The number of benzene rings is 1. The average molecular weight is 312 g/mol. The molecule has 0 saturated heterocycles. The Hall–Kier alpha value is -1.31. The van der Waals surface area contributed by atoms with E-state index < -0.39 is 10.0 Å². The van der Waals surface area contributed by atoms with Gasteiger partial charge in [-0.25, -0.2) is 13.1 Å². The van der Waals surface area contributed by atoms with Gasteiger partial charge in [-0.15, -0.1) is 0 Å². The normalized spacial score (nSPS) is 19.7. The first-order valence-corrected chi connectivity index (χ1v) is 8.60. The molecule has 3 rings (SSSR count). The topological polar surface area (TPSA) is 102 Å². The number of fused-ring (bicyclic) bond motifs is 1. The van der Waals surface area contributed by atoms with Crippen molar-refractivity contribution < 1.29 is 18.3 Å². The van der Waals surface area contributed by atoms with E-state index in [1.54, 1.807) is 6.07 Å². The lowest BCUT2D eigenvalue weighted by Crippen LogP contribution is -2.32. The van der Waals surface area contributed by atoms with Gasteiger partial charge in [-0.05, 0) is 43.4 Å². The number of nitrogens with two attached hydrogens (primary N) is 1. The third-order valence-electron chi connectivity index (χ3n) is 4.21. The summed E-state index contributed by atoms with van der Waals surface area (Å²) in [5, 5.41) is 9.28. The molecular formula is C14H20N2O4S. The number of rotatable bonds is 5. The van der Waals surface area contributed by atoms with Gasteiger partial charge in [-0.3, -0.25) is 0 Å². The van der Waals surface area contributed by atoms with Crippen molar-refractivity contribution >= 4 is 15.7 Å². The molecule has 0 unspecified atom stereocenters. The van der Waals surface area contributed by atoms with Crippen LogP contribution in [0.15, 0.2) is 17.0 Å². The summed E-state index contributed by atoms with van der Waals surface area (Å²) >= 11 is 0. The molecule has 2 aliphatic rings. The quantitative estimate of drug-likeness (QED) is 0.693. The Morgan fingerprint density at radius 3 is 2.81 bits per heavy atom. The van der Waals surface area contributed by atoms with Crippen molar-refractivity contribution in [2.75, 3.05) is 25.5 Å². The summed E-state index contributed by atoms with van der Waals surface area (Å²) in [6.07, 6.45) is 3.32. The molecule has 0 amide bonds. The minimum absolute atomic E-state index is 0.00105. The fourth-order valence-electron chi connectivity index (χ4n) is 2.56. The number of anilines is 1. The van der Waals surface area contributed by atoms with Gasteiger partial charge in [0.05, 0.1) is 6.61 Å². The number of nitrogens with one attached hydrogen (secondary N) is 1. The molecule has 1 saturated carbocycles. The van der Waals surface area contributed by atoms with Crippen LogP contribution in [0.2, 0.25) is 0 Å². The number of hydrogen-bond donors (Lipinski definition) is 3. The highest BCUT2D eigenvalue weighted by Gasteiger charge is 2.43. The molecule has 0 bridgehead atoms. The first-order chi connectivity index (χ1) is 9.96. The molecular weight excluding hydrogens is 292 g/mol. The Bertz CT molecular complexity index is 653. The zero-order valence-electron chi connectivity index (χ0n) is 11.8. The van der Waals surface area contributed by atoms with Crippen LogP contribution in [0, 0.1) is 5.41 Å². The van der Waals surface area contributed by atoms with Crippen LogP contribution >= 0.6 is 0 Å². The molecule has 1 aromatic carbocycles. The highest BCUT2D eigenvalue weighted by Crippen LogP contribution is 2.44. The minimum atomic E-state index is -3.69. The van der Waals surface area contributed by atoms with Gasteiger partial charge >= 0.3 is 0 Å². The number of sulfonamides is 1. The van der Waals surface area contributed by atoms with Crippen LogP contribution in [-0.2, 0) is 16.4 Å². The highest BCUT2D eigenvalue weighted by molar-refractivity contribution is 7.89. The summed E-state index contributed by atoms with van der Waals surface area (Å²) in [5.74, 6) is 0.414. The molecule has 21 heavy (non-hydrogen) atoms. The van der Waals surface area contributed by atoms with Gasteiger partial charge in [0.1, 0.15) is 10.6 Å². The smallest absolute Gasteiger partial charge is 0.244 e.